The van der Waals surface area contributed by atoms with Crippen LogP contribution in [0.3, 0.4) is 0 Å². The maximum atomic E-state index is 12.7. The molecule has 1 saturated heterocycles. The standard InChI is InChI=1S/C19H19NO3/c1-11(16-19(2,3)23-16)10-20-17(21)14-8-12-6-4-5-7-13(12)9-15(14)18(20)22/h4-9,11,16H,10H2,1-3H3. The Morgan fingerprint density at radius 3 is 2.00 bits per heavy atom. The quantitative estimate of drug-likeness (QED) is 0.646. The van der Waals surface area contributed by atoms with Crippen LogP contribution >= 0.6 is 0 Å². The van der Waals surface area contributed by atoms with E-state index in [-0.39, 0.29) is 29.4 Å². The van der Waals surface area contributed by atoms with E-state index in [0.717, 1.165) is 10.8 Å². The van der Waals surface area contributed by atoms with Gasteiger partial charge < -0.3 is 4.74 Å². The maximum Gasteiger partial charge on any atom is 0.261 e. The van der Waals surface area contributed by atoms with Gasteiger partial charge in [-0.25, -0.2) is 0 Å². The molecule has 2 atom stereocenters. The number of hydrogen-bond acceptors (Lipinski definition) is 3. The van der Waals surface area contributed by atoms with Crippen molar-refractivity contribution in [3.05, 3.63) is 47.5 Å². The number of amides is 2. The van der Waals surface area contributed by atoms with Crippen LogP contribution in [0.5, 0.6) is 0 Å². The number of carbonyl (C=O) groups is 2. The average Bonchev–Trinajstić information content (AvgIpc) is 3.12. The Balaban J connectivity index is 1.65. The van der Waals surface area contributed by atoms with Gasteiger partial charge >= 0.3 is 0 Å². The lowest BCUT2D eigenvalue weighted by molar-refractivity contribution is 0.0625. The van der Waals surface area contributed by atoms with Gasteiger partial charge in [0, 0.05) is 12.5 Å². The van der Waals surface area contributed by atoms with Crippen molar-refractivity contribution in [3.8, 4) is 0 Å². The number of nitrogens with zero attached hydrogens (tertiary/aromatic N) is 1. The van der Waals surface area contributed by atoms with Crippen LogP contribution in [0.15, 0.2) is 36.4 Å². The summed E-state index contributed by atoms with van der Waals surface area (Å²) >= 11 is 0. The van der Waals surface area contributed by atoms with Crippen molar-refractivity contribution in [1.29, 1.82) is 0 Å². The van der Waals surface area contributed by atoms with E-state index < -0.39 is 0 Å². The largest absolute Gasteiger partial charge is 0.366 e. The third-order valence-electron chi connectivity index (χ3n) is 4.88. The van der Waals surface area contributed by atoms with Crippen LogP contribution in [0, 0.1) is 5.92 Å². The summed E-state index contributed by atoms with van der Waals surface area (Å²) in [6.45, 7) is 6.49. The van der Waals surface area contributed by atoms with Crippen LogP contribution in [0.2, 0.25) is 0 Å². The topological polar surface area (TPSA) is 49.9 Å². The van der Waals surface area contributed by atoms with Crippen molar-refractivity contribution in [2.45, 2.75) is 32.5 Å². The lowest BCUT2D eigenvalue weighted by Gasteiger charge is -2.18. The molecule has 0 spiro atoms. The number of fused-ring (bicyclic) bond motifs is 2. The molecule has 2 aromatic rings. The van der Waals surface area contributed by atoms with E-state index in [4.69, 9.17) is 4.74 Å². The van der Waals surface area contributed by atoms with Crippen LogP contribution in [0.25, 0.3) is 10.8 Å². The third kappa shape index (κ3) is 2.17. The molecule has 0 aromatic heterocycles. The summed E-state index contributed by atoms with van der Waals surface area (Å²) < 4.78 is 5.64. The van der Waals surface area contributed by atoms with Crippen molar-refractivity contribution in [1.82, 2.24) is 4.90 Å². The first kappa shape index (κ1) is 14.4. The second-order valence-corrected chi connectivity index (χ2v) is 7.09. The summed E-state index contributed by atoms with van der Waals surface area (Å²) in [5, 5.41) is 1.96. The van der Waals surface area contributed by atoms with Crippen LogP contribution < -0.4 is 0 Å². The fourth-order valence-electron chi connectivity index (χ4n) is 3.62. The molecule has 4 rings (SSSR count). The van der Waals surface area contributed by atoms with Gasteiger partial charge in [0.1, 0.15) is 0 Å². The molecule has 2 heterocycles. The molecule has 4 heteroatoms. The zero-order valence-electron chi connectivity index (χ0n) is 13.5. The lowest BCUT2D eigenvalue weighted by atomic mass is 9.98. The smallest absolute Gasteiger partial charge is 0.261 e. The predicted molar refractivity (Wildman–Crippen MR) is 87.4 cm³/mol. The minimum absolute atomic E-state index is 0.103. The Hall–Kier alpha value is -2.20. The molecule has 4 nitrogen and oxygen atoms in total. The van der Waals surface area contributed by atoms with Gasteiger partial charge in [-0.2, -0.15) is 0 Å². The van der Waals surface area contributed by atoms with Gasteiger partial charge in [0.15, 0.2) is 0 Å². The summed E-state index contributed by atoms with van der Waals surface area (Å²) in [5.74, 6) is -0.260. The highest BCUT2D eigenvalue weighted by atomic mass is 16.6. The molecule has 2 aliphatic heterocycles. The molecule has 0 saturated carbocycles. The van der Waals surface area contributed by atoms with Crippen LogP contribution in [-0.2, 0) is 4.74 Å². The minimum atomic E-state index is -0.193. The summed E-state index contributed by atoms with van der Waals surface area (Å²) in [5.41, 5.74) is 0.876. The SMILES string of the molecule is CC(CN1C(=O)c2cc3ccccc3cc2C1=O)C1OC1(C)C. The minimum Gasteiger partial charge on any atom is -0.366 e. The second kappa shape index (κ2) is 4.65. The molecule has 0 bridgehead atoms. The van der Waals surface area contributed by atoms with Gasteiger partial charge in [-0.3, -0.25) is 14.5 Å². The molecule has 0 aliphatic carbocycles. The molecule has 0 radical (unpaired) electrons. The molecular formula is C19H19NO3. The van der Waals surface area contributed by atoms with Gasteiger partial charge in [0.05, 0.1) is 22.8 Å². The number of benzene rings is 2. The summed E-state index contributed by atoms with van der Waals surface area (Å²) in [4.78, 5) is 26.7. The molecule has 118 valence electrons. The van der Waals surface area contributed by atoms with Crippen LogP contribution in [0.1, 0.15) is 41.5 Å². The van der Waals surface area contributed by atoms with E-state index >= 15 is 0 Å². The van der Waals surface area contributed by atoms with Gasteiger partial charge in [0.2, 0.25) is 0 Å². The second-order valence-electron chi connectivity index (χ2n) is 7.09. The number of epoxide rings is 1. The van der Waals surface area contributed by atoms with Crippen molar-refractivity contribution < 1.29 is 14.3 Å². The summed E-state index contributed by atoms with van der Waals surface area (Å²) in [6, 6.07) is 11.4. The van der Waals surface area contributed by atoms with Gasteiger partial charge in [-0.15, -0.1) is 0 Å². The Kier molecular flexibility index (Phi) is 2.91. The first-order valence-electron chi connectivity index (χ1n) is 7.95. The van der Waals surface area contributed by atoms with Gasteiger partial charge in [-0.1, -0.05) is 31.2 Å². The van der Waals surface area contributed by atoms with Crippen molar-refractivity contribution >= 4 is 22.6 Å². The molecule has 2 amide bonds. The Morgan fingerprint density at radius 2 is 1.57 bits per heavy atom. The zero-order valence-corrected chi connectivity index (χ0v) is 13.5. The van der Waals surface area contributed by atoms with Gasteiger partial charge in [0.25, 0.3) is 11.8 Å². The number of ether oxygens (including phenoxy) is 1. The zero-order chi connectivity index (χ0) is 16.4. The number of rotatable bonds is 3. The molecule has 2 aliphatic rings. The fourth-order valence-corrected chi connectivity index (χ4v) is 3.62. The Bertz CT molecular complexity index is 785. The van der Waals surface area contributed by atoms with Crippen molar-refractivity contribution in [2.75, 3.05) is 6.54 Å². The van der Waals surface area contributed by atoms with E-state index in [1.54, 1.807) is 0 Å². The Morgan fingerprint density at radius 1 is 1.09 bits per heavy atom. The van der Waals surface area contributed by atoms with Crippen LogP contribution in [-0.4, -0.2) is 35.0 Å². The Labute approximate surface area is 135 Å². The van der Waals surface area contributed by atoms with Gasteiger partial charge in [-0.05, 0) is 36.8 Å². The lowest BCUT2D eigenvalue weighted by Crippen LogP contribution is -2.36. The molecule has 2 aromatic carbocycles. The maximum absolute atomic E-state index is 12.7. The van der Waals surface area contributed by atoms with E-state index in [1.165, 1.54) is 4.90 Å². The predicted octanol–water partition coefficient (Wildman–Crippen LogP) is 3.25. The fraction of sp³-hybridized carbons (Fsp3) is 0.368. The summed E-state index contributed by atoms with van der Waals surface area (Å²) in [6.07, 6.45) is 0.103. The van der Waals surface area contributed by atoms with Crippen molar-refractivity contribution in [2.24, 2.45) is 5.92 Å². The highest BCUT2D eigenvalue weighted by Gasteiger charge is 2.52. The van der Waals surface area contributed by atoms with E-state index in [2.05, 4.69) is 0 Å². The van der Waals surface area contributed by atoms with Crippen LogP contribution in [0.4, 0.5) is 0 Å². The normalized spacial score (nSPS) is 23.3. The first-order valence-corrected chi connectivity index (χ1v) is 7.95. The molecule has 1 fully saturated rings. The number of imide groups is 1. The third-order valence-corrected chi connectivity index (χ3v) is 4.88. The highest BCUT2D eigenvalue weighted by Crippen LogP contribution is 2.41. The molecule has 23 heavy (non-hydrogen) atoms. The number of hydrogen-bond donors (Lipinski definition) is 0. The van der Waals surface area contributed by atoms with E-state index in [9.17, 15) is 9.59 Å². The molecular weight excluding hydrogens is 290 g/mol. The number of carbonyl (C=O) groups excluding carboxylic acids is 2. The highest BCUT2D eigenvalue weighted by molar-refractivity contribution is 6.23. The average molecular weight is 309 g/mol. The van der Waals surface area contributed by atoms with E-state index in [0.29, 0.717) is 17.7 Å². The first-order chi connectivity index (χ1) is 10.9. The molecule has 2 unspecified atom stereocenters. The monoisotopic (exact) mass is 309 g/mol. The summed E-state index contributed by atoms with van der Waals surface area (Å²) in [7, 11) is 0. The molecule has 0 N–H and O–H groups in total. The van der Waals surface area contributed by atoms with Crippen molar-refractivity contribution in [3.63, 3.8) is 0 Å². The van der Waals surface area contributed by atoms with E-state index in [1.807, 2.05) is 57.2 Å².